The lowest BCUT2D eigenvalue weighted by atomic mass is 10.0. The second kappa shape index (κ2) is 20.9. The molecule has 2 nitrogen and oxygen atoms in total. The fourth-order valence-corrected chi connectivity index (χ4v) is 4.23. The average Bonchev–Trinajstić information content (AvgIpc) is 2.62. The van der Waals surface area contributed by atoms with Crippen molar-refractivity contribution in [2.24, 2.45) is 0 Å². The summed E-state index contributed by atoms with van der Waals surface area (Å²) in [6, 6.07) is 0. The van der Waals surface area contributed by atoms with Gasteiger partial charge in [-0.05, 0) is 11.5 Å². The quantitative estimate of drug-likeness (QED) is 0.146. The Balaban J connectivity index is 3.01. The molecule has 0 heterocycles. The molecule has 0 aliphatic heterocycles. The summed E-state index contributed by atoms with van der Waals surface area (Å²) >= 11 is 0. The average molecular weight is 401 g/mol. The molecule has 27 heavy (non-hydrogen) atoms. The molecular formula is C24H52O2Si. The van der Waals surface area contributed by atoms with E-state index in [1.807, 2.05) is 0 Å². The third-order valence-electron chi connectivity index (χ3n) is 5.05. The first kappa shape index (κ1) is 27.1. The highest BCUT2D eigenvalue weighted by atomic mass is 28.2. The number of rotatable bonds is 21. The van der Waals surface area contributed by atoms with Gasteiger partial charge in [0.05, 0.1) is 13.2 Å². The van der Waals surface area contributed by atoms with Gasteiger partial charge in [0.15, 0.2) is 9.76 Å². The van der Waals surface area contributed by atoms with Gasteiger partial charge in [-0.25, -0.2) is 0 Å². The van der Waals surface area contributed by atoms with E-state index in [0.717, 1.165) is 19.8 Å². The van der Waals surface area contributed by atoms with Gasteiger partial charge in [-0.3, -0.25) is 0 Å². The van der Waals surface area contributed by atoms with E-state index in [4.69, 9.17) is 9.16 Å². The molecule has 0 saturated heterocycles. The SMILES string of the molecule is CCCCCCCCCCCCCCCCCCOCCO[SiH2]C(C)(C)C. The van der Waals surface area contributed by atoms with Crippen molar-refractivity contribution in [2.45, 2.75) is 135 Å². The zero-order valence-corrected chi connectivity index (χ0v) is 20.9. The highest BCUT2D eigenvalue weighted by Gasteiger charge is 2.10. The van der Waals surface area contributed by atoms with E-state index < -0.39 is 9.76 Å². The van der Waals surface area contributed by atoms with Crippen LogP contribution < -0.4 is 0 Å². The molecule has 0 aromatic heterocycles. The number of unbranched alkanes of at least 4 members (excludes halogenated alkanes) is 15. The zero-order chi connectivity index (χ0) is 20.1. The van der Waals surface area contributed by atoms with Crippen molar-refractivity contribution in [1.82, 2.24) is 0 Å². The van der Waals surface area contributed by atoms with Crippen LogP contribution in [-0.2, 0) is 9.16 Å². The van der Waals surface area contributed by atoms with Crippen molar-refractivity contribution in [1.29, 1.82) is 0 Å². The van der Waals surface area contributed by atoms with Crippen LogP contribution in [0.25, 0.3) is 0 Å². The van der Waals surface area contributed by atoms with Crippen LogP contribution in [0.2, 0.25) is 5.04 Å². The Bertz CT molecular complexity index is 276. The van der Waals surface area contributed by atoms with Gasteiger partial charge >= 0.3 is 0 Å². The van der Waals surface area contributed by atoms with Gasteiger partial charge in [0.1, 0.15) is 0 Å². The van der Waals surface area contributed by atoms with E-state index in [0.29, 0.717) is 5.04 Å². The molecule has 0 saturated carbocycles. The number of ether oxygens (including phenoxy) is 1. The summed E-state index contributed by atoms with van der Waals surface area (Å²) in [6.45, 7) is 11.6. The van der Waals surface area contributed by atoms with Crippen molar-refractivity contribution >= 4 is 9.76 Å². The van der Waals surface area contributed by atoms with Crippen LogP contribution in [0.1, 0.15) is 130 Å². The zero-order valence-electron chi connectivity index (χ0n) is 19.5. The molecule has 0 aliphatic rings. The first-order valence-electron chi connectivity index (χ1n) is 12.2. The summed E-state index contributed by atoms with van der Waals surface area (Å²) in [4.78, 5) is 0. The van der Waals surface area contributed by atoms with Crippen LogP contribution in [0.3, 0.4) is 0 Å². The van der Waals surface area contributed by atoms with Crippen LogP contribution in [0.15, 0.2) is 0 Å². The summed E-state index contributed by atoms with van der Waals surface area (Å²) in [5, 5.41) is 0.397. The van der Waals surface area contributed by atoms with E-state index in [9.17, 15) is 0 Å². The molecule has 0 aromatic rings. The molecular weight excluding hydrogens is 348 g/mol. The maximum atomic E-state index is 5.75. The molecule has 0 aromatic carbocycles. The Labute approximate surface area is 174 Å². The summed E-state index contributed by atoms with van der Waals surface area (Å²) in [5.41, 5.74) is 0. The van der Waals surface area contributed by atoms with Crippen LogP contribution >= 0.6 is 0 Å². The van der Waals surface area contributed by atoms with Crippen molar-refractivity contribution in [3.63, 3.8) is 0 Å². The Hall–Kier alpha value is 0.137. The summed E-state index contributed by atoms with van der Waals surface area (Å²) in [5.74, 6) is 0. The monoisotopic (exact) mass is 400 g/mol. The van der Waals surface area contributed by atoms with E-state index in [1.165, 1.54) is 103 Å². The van der Waals surface area contributed by atoms with Gasteiger partial charge in [0, 0.05) is 6.61 Å². The maximum Gasteiger partial charge on any atom is 0.166 e. The smallest absolute Gasteiger partial charge is 0.166 e. The molecule has 164 valence electrons. The first-order valence-corrected chi connectivity index (χ1v) is 13.5. The minimum Gasteiger partial charge on any atom is -0.421 e. The standard InChI is InChI=1S/C24H52O2Si/c1-5-6-7-8-9-10-11-12-13-14-15-16-17-18-19-20-21-25-22-23-26-27-24(2,3)4/h5-23,27H2,1-4H3. The van der Waals surface area contributed by atoms with E-state index in [1.54, 1.807) is 0 Å². The van der Waals surface area contributed by atoms with Crippen LogP contribution in [-0.4, -0.2) is 29.6 Å². The van der Waals surface area contributed by atoms with E-state index in [-0.39, 0.29) is 0 Å². The van der Waals surface area contributed by atoms with Gasteiger partial charge in [-0.1, -0.05) is 124 Å². The normalized spacial score (nSPS) is 12.4. The van der Waals surface area contributed by atoms with Crippen molar-refractivity contribution in [3.8, 4) is 0 Å². The van der Waals surface area contributed by atoms with Gasteiger partial charge in [-0.2, -0.15) is 0 Å². The minimum absolute atomic E-state index is 0.397. The molecule has 0 spiro atoms. The maximum absolute atomic E-state index is 5.75. The van der Waals surface area contributed by atoms with Crippen molar-refractivity contribution in [3.05, 3.63) is 0 Å². The Morgan fingerprint density at radius 2 is 0.926 bits per heavy atom. The predicted molar refractivity (Wildman–Crippen MR) is 125 cm³/mol. The van der Waals surface area contributed by atoms with Gasteiger partial charge < -0.3 is 9.16 Å². The topological polar surface area (TPSA) is 18.5 Å². The molecule has 0 fully saturated rings. The molecule has 0 rings (SSSR count). The fraction of sp³-hybridized carbons (Fsp3) is 1.00. The Morgan fingerprint density at radius 3 is 1.33 bits per heavy atom. The predicted octanol–water partition coefficient (Wildman–Crippen LogP) is 7.58. The van der Waals surface area contributed by atoms with Crippen molar-refractivity contribution < 1.29 is 9.16 Å². The van der Waals surface area contributed by atoms with Crippen LogP contribution in [0.4, 0.5) is 0 Å². The van der Waals surface area contributed by atoms with Gasteiger partial charge in [0.2, 0.25) is 0 Å². The largest absolute Gasteiger partial charge is 0.421 e. The second-order valence-corrected chi connectivity index (χ2v) is 12.3. The number of hydrogen-bond acceptors (Lipinski definition) is 2. The molecule has 0 aliphatic carbocycles. The lowest BCUT2D eigenvalue weighted by molar-refractivity contribution is 0.0972. The third kappa shape index (κ3) is 26.1. The summed E-state index contributed by atoms with van der Waals surface area (Å²) < 4.78 is 11.4. The molecule has 0 N–H and O–H groups in total. The summed E-state index contributed by atoms with van der Waals surface area (Å²) in [6.07, 6.45) is 22.7. The highest BCUT2D eigenvalue weighted by Crippen LogP contribution is 2.19. The van der Waals surface area contributed by atoms with Crippen LogP contribution in [0.5, 0.6) is 0 Å². The summed E-state index contributed by atoms with van der Waals surface area (Å²) in [7, 11) is -0.399. The minimum atomic E-state index is -0.399. The molecule has 0 bridgehead atoms. The van der Waals surface area contributed by atoms with Crippen LogP contribution in [0, 0.1) is 0 Å². The lowest BCUT2D eigenvalue weighted by Gasteiger charge is -2.16. The first-order chi connectivity index (χ1) is 13.1. The third-order valence-corrected chi connectivity index (χ3v) is 6.41. The molecule has 3 heteroatoms. The molecule has 0 unspecified atom stereocenters. The highest BCUT2D eigenvalue weighted by molar-refractivity contribution is 6.31. The van der Waals surface area contributed by atoms with Crippen molar-refractivity contribution in [2.75, 3.05) is 19.8 Å². The molecule has 0 radical (unpaired) electrons. The van der Waals surface area contributed by atoms with E-state index >= 15 is 0 Å². The molecule has 0 atom stereocenters. The van der Waals surface area contributed by atoms with Gasteiger partial charge in [0.25, 0.3) is 0 Å². The fourth-order valence-electron chi connectivity index (χ4n) is 3.35. The Kier molecular flexibility index (Phi) is 21.0. The van der Waals surface area contributed by atoms with E-state index in [2.05, 4.69) is 27.7 Å². The lowest BCUT2D eigenvalue weighted by Crippen LogP contribution is -2.15. The number of hydrogen-bond donors (Lipinski definition) is 0. The molecule has 0 amide bonds. The Morgan fingerprint density at radius 1 is 0.519 bits per heavy atom. The second-order valence-electron chi connectivity index (χ2n) is 9.53. The van der Waals surface area contributed by atoms with Gasteiger partial charge in [-0.15, -0.1) is 0 Å².